The molecule has 2 atom stereocenters. The molecule has 2 aromatic rings. The molecule has 2 rings (SSSR count). The van der Waals surface area contributed by atoms with Crippen molar-refractivity contribution >= 4 is 16.7 Å². The van der Waals surface area contributed by atoms with Gasteiger partial charge in [0.05, 0.1) is 16.8 Å². The van der Waals surface area contributed by atoms with E-state index in [4.69, 9.17) is 0 Å². The topological polar surface area (TPSA) is 46.2 Å². The summed E-state index contributed by atoms with van der Waals surface area (Å²) in [4.78, 5) is 12.7. The highest BCUT2D eigenvalue weighted by Gasteiger charge is 2.11. The summed E-state index contributed by atoms with van der Waals surface area (Å²) in [6.07, 6.45) is 0.262. The van der Waals surface area contributed by atoms with Gasteiger partial charge in [0, 0.05) is 17.1 Å². The molecular formula is C18H21NO2S. The average Bonchev–Trinajstić information content (AvgIpc) is 2.54. The van der Waals surface area contributed by atoms with E-state index in [0.717, 1.165) is 16.0 Å². The van der Waals surface area contributed by atoms with Crippen LogP contribution in [0, 0.1) is 6.92 Å². The van der Waals surface area contributed by atoms with Gasteiger partial charge in [-0.3, -0.25) is 9.00 Å². The van der Waals surface area contributed by atoms with Crippen molar-refractivity contribution in [1.82, 2.24) is 5.32 Å². The fourth-order valence-corrected chi connectivity index (χ4v) is 3.18. The van der Waals surface area contributed by atoms with Gasteiger partial charge in [0.15, 0.2) is 0 Å². The molecule has 1 N–H and O–H groups in total. The number of nitrogens with one attached hydrogen (secondary N) is 1. The minimum absolute atomic E-state index is 0.0403. The van der Waals surface area contributed by atoms with Crippen molar-refractivity contribution < 1.29 is 9.00 Å². The maximum atomic E-state index is 12.1. The first-order valence-corrected chi connectivity index (χ1v) is 8.67. The molecular weight excluding hydrogens is 294 g/mol. The summed E-state index contributed by atoms with van der Waals surface area (Å²) in [5.74, 6) is 0.271. The smallest absolute Gasteiger partial charge is 0.221 e. The van der Waals surface area contributed by atoms with E-state index < -0.39 is 10.8 Å². The third kappa shape index (κ3) is 4.81. The van der Waals surface area contributed by atoms with Gasteiger partial charge in [-0.1, -0.05) is 48.0 Å². The van der Waals surface area contributed by atoms with Crippen molar-refractivity contribution in [3.8, 4) is 0 Å². The molecule has 0 saturated heterocycles. The van der Waals surface area contributed by atoms with Gasteiger partial charge in [0.2, 0.25) is 5.91 Å². The summed E-state index contributed by atoms with van der Waals surface area (Å²) in [5.41, 5.74) is 2.20. The lowest BCUT2D eigenvalue weighted by Gasteiger charge is -2.14. The van der Waals surface area contributed by atoms with Gasteiger partial charge in [0.1, 0.15) is 0 Å². The van der Waals surface area contributed by atoms with Crippen LogP contribution in [-0.2, 0) is 15.6 Å². The number of hydrogen-bond acceptors (Lipinski definition) is 2. The van der Waals surface area contributed by atoms with E-state index in [9.17, 15) is 9.00 Å². The molecule has 0 spiro atoms. The fourth-order valence-electron chi connectivity index (χ4n) is 2.13. The van der Waals surface area contributed by atoms with Crippen LogP contribution >= 0.6 is 0 Å². The summed E-state index contributed by atoms with van der Waals surface area (Å²) >= 11 is 0. The zero-order valence-electron chi connectivity index (χ0n) is 12.9. The molecule has 2 aromatic carbocycles. The molecule has 0 fully saturated rings. The summed E-state index contributed by atoms with van der Waals surface area (Å²) in [6.45, 7) is 3.94. The van der Waals surface area contributed by atoms with Crippen LogP contribution in [0.2, 0.25) is 0 Å². The van der Waals surface area contributed by atoms with E-state index in [0.29, 0.717) is 5.75 Å². The maximum absolute atomic E-state index is 12.1. The maximum Gasteiger partial charge on any atom is 0.221 e. The van der Waals surface area contributed by atoms with Gasteiger partial charge in [-0.2, -0.15) is 0 Å². The number of carbonyl (C=O) groups excluding carboxylic acids is 1. The predicted octanol–water partition coefficient (Wildman–Crippen LogP) is 3.37. The third-order valence-corrected chi connectivity index (χ3v) is 4.85. The SMILES string of the molecule is Cc1ccc(S(=O)CCC(=O)NC(C)c2ccccc2)cc1. The molecule has 0 aliphatic carbocycles. The Hall–Kier alpha value is -1.94. The lowest BCUT2D eigenvalue weighted by atomic mass is 10.1. The van der Waals surface area contributed by atoms with E-state index in [-0.39, 0.29) is 18.4 Å². The van der Waals surface area contributed by atoms with Crippen LogP contribution in [0.4, 0.5) is 0 Å². The van der Waals surface area contributed by atoms with Crippen molar-refractivity contribution in [1.29, 1.82) is 0 Å². The molecule has 3 nitrogen and oxygen atoms in total. The van der Waals surface area contributed by atoms with Gasteiger partial charge in [0.25, 0.3) is 0 Å². The lowest BCUT2D eigenvalue weighted by molar-refractivity contribution is -0.121. The van der Waals surface area contributed by atoms with Crippen LogP contribution < -0.4 is 5.32 Å². The van der Waals surface area contributed by atoms with Crippen molar-refractivity contribution in [3.05, 3.63) is 65.7 Å². The molecule has 116 valence electrons. The second-order valence-electron chi connectivity index (χ2n) is 5.31. The predicted molar refractivity (Wildman–Crippen MR) is 90.1 cm³/mol. The van der Waals surface area contributed by atoms with Gasteiger partial charge in [-0.25, -0.2) is 0 Å². The highest BCUT2D eigenvalue weighted by molar-refractivity contribution is 7.85. The number of benzene rings is 2. The van der Waals surface area contributed by atoms with E-state index in [1.165, 1.54) is 0 Å². The first-order chi connectivity index (χ1) is 10.6. The molecule has 0 radical (unpaired) electrons. The summed E-state index contributed by atoms with van der Waals surface area (Å²) in [5, 5.41) is 2.94. The Bertz CT molecular complexity index is 638. The molecule has 0 aliphatic rings. The monoisotopic (exact) mass is 315 g/mol. The molecule has 22 heavy (non-hydrogen) atoms. The van der Waals surface area contributed by atoms with Crippen LogP contribution in [-0.4, -0.2) is 15.9 Å². The van der Waals surface area contributed by atoms with Crippen LogP contribution in [0.25, 0.3) is 0 Å². The summed E-state index contributed by atoms with van der Waals surface area (Å²) < 4.78 is 12.1. The summed E-state index contributed by atoms with van der Waals surface area (Å²) in [7, 11) is -1.13. The van der Waals surface area contributed by atoms with E-state index in [1.54, 1.807) is 0 Å². The van der Waals surface area contributed by atoms with Gasteiger partial charge in [-0.05, 0) is 31.5 Å². The zero-order valence-corrected chi connectivity index (χ0v) is 13.7. The Kier molecular flexibility index (Phi) is 5.90. The highest BCUT2D eigenvalue weighted by atomic mass is 32.2. The Morgan fingerprint density at radius 3 is 2.36 bits per heavy atom. The van der Waals surface area contributed by atoms with Crippen LogP contribution in [0.1, 0.15) is 30.5 Å². The minimum atomic E-state index is -1.13. The first kappa shape index (κ1) is 16.4. The summed E-state index contributed by atoms with van der Waals surface area (Å²) in [6, 6.07) is 17.4. The number of hydrogen-bond donors (Lipinski definition) is 1. The second-order valence-corrected chi connectivity index (χ2v) is 6.88. The quantitative estimate of drug-likeness (QED) is 0.888. The third-order valence-electron chi connectivity index (χ3n) is 3.48. The Labute approximate surface area is 134 Å². The van der Waals surface area contributed by atoms with Gasteiger partial charge < -0.3 is 5.32 Å². The van der Waals surface area contributed by atoms with Crippen molar-refractivity contribution in [3.63, 3.8) is 0 Å². The van der Waals surface area contributed by atoms with E-state index in [2.05, 4.69) is 5.32 Å². The molecule has 0 bridgehead atoms. The largest absolute Gasteiger partial charge is 0.350 e. The molecule has 0 saturated carbocycles. The zero-order chi connectivity index (χ0) is 15.9. The Morgan fingerprint density at radius 2 is 1.73 bits per heavy atom. The molecule has 2 unspecified atom stereocenters. The average molecular weight is 315 g/mol. The Morgan fingerprint density at radius 1 is 1.09 bits per heavy atom. The fraction of sp³-hybridized carbons (Fsp3) is 0.278. The minimum Gasteiger partial charge on any atom is -0.350 e. The number of amides is 1. The van der Waals surface area contributed by atoms with Crippen molar-refractivity contribution in [2.45, 2.75) is 31.2 Å². The molecule has 0 heterocycles. The molecule has 0 aliphatic heterocycles. The van der Waals surface area contributed by atoms with Crippen molar-refractivity contribution in [2.75, 3.05) is 5.75 Å². The molecule has 1 amide bonds. The molecule has 0 aromatic heterocycles. The Balaban J connectivity index is 1.82. The lowest BCUT2D eigenvalue weighted by Crippen LogP contribution is -2.27. The van der Waals surface area contributed by atoms with E-state index in [1.807, 2.05) is 68.4 Å². The normalized spacial score (nSPS) is 13.4. The van der Waals surface area contributed by atoms with Crippen LogP contribution in [0.5, 0.6) is 0 Å². The number of carbonyl (C=O) groups is 1. The van der Waals surface area contributed by atoms with E-state index >= 15 is 0 Å². The number of rotatable bonds is 6. The standard InChI is InChI=1S/C18H21NO2S/c1-14-8-10-17(11-9-14)22(21)13-12-18(20)19-15(2)16-6-4-3-5-7-16/h3-11,15H,12-13H2,1-2H3,(H,19,20). The second kappa shape index (κ2) is 7.90. The van der Waals surface area contributed by atoms with Crippen LogP contribution in [0.3, 0.4) is 0 Å². The van der Waals surface area contributed by atoms with Gasteiger partial charge >= 0.3 is 0 Å². The highest BCUT2D eigenvalue weighted by Crippen LogP contribution is 2.12. The molecule has 4 heteroatoms. The van der Waals surface area contributed by atoms with Gasteiger partial charge in [-0.15, -0.1) is 0 Å². The first-order valence-electron chi connectivity index (χ1n) is 7.35. The van der Waals surface area contributed by atoms with Crippen molar-refractivity contribution in [2.24, 2.45) is 0 Å². The number of aryl methyl sites for hydroxylation is 1. The van der Waals surface area contributed by atoms with Crippen LogP contribution in [0.15, 0.2) is 59.5 Å².